The molecule has 3 atom stereocenters. The lowest BCUT2D eigenvalue weighted by Gasteiger charge is -2.26. The highest BCUT2D eigenvalue weighted by Gasteiger charge is 2.48. The quantitative estimate of drug-likeness (QED) is 0.182. The van der Waals surface area contributed by atoms with Crippen LogP contribution < -0.4 is 4.74 Å². The zero-order chi connectivity index (χ0) is 31.1. The van der Waals surface area contributed by atoms with E-state index in [1.54, 1.807) is 26.0 Å². The number of carbonyl (C=O) groups is 1. The van der Waals surface area contributed by atoms with Gasteiger partial charge >= 0.3 is 18.4 Å². The van der Waals surface area contributed by atoms with Crippen molar-refractivity contribution in [2.75, 3.05) is 7.11 Å². The van der Waals surface area contributed by atoms with Gasteiger partial charge in [0, 0.05) is 17.7 Å². The molecule has 42 heavy (non-hydrogen) atoms. The molecule has 2 aromatic rings. The molecule has 2 aliphatic rings. The third-order valence-corrected chi connectivity index (χ3v) is 7.10. The molecule has 1 fully saturated rings. The zero-order valence-electron chi connectivity index (χ0n) is 23.1. The summed E-state index contributed by atoms with van der Waals surface area (Å²) in [4.78, 5) is 14.3. The molecule has 224 valence electrons. The average Bonchev–Trinajstić information content (AvgIpc) is 3.47. The van der Waals surface area contributed by atoms with Crippen LogP contribution in [0.25, 0.3) is 11.1 Å². The van der Waals surface area contributed by atoms with Crippen LogP contribution >= 0.6 is 0 Å². The zero-order valence-corrected chi connectivity index (χ0v) is 23.1. The second-order valence-corrected chi connectivity index (χ2v) is 10.4. The minimum Gasteiger partial charge on any atom is -0.496 e. The number of hydrogen-bond acceptors (Lipinski definition) is 3. The number of rotatable bonds is 7. The number of methoxy groups -OCH3 is 1. The molecule has 0 N–H and O–H groups in total. The molecule has 3 unspecified atom stereocenters. The smallest absolute Gasteiger partial charge is 0.416 e. The average molecular weight is 596 g/mol. The lowest BCUT2D eigenvalue weighted by Crippen LogP contribution is -2.34. The molecular weight excluding hydrogens is 567 g/mol. The maximum Gasteiger partial charge on any atom is 0.416 e. The number of ether oxygens (including phenoxy) is 2. The Kier molecular flexibility index (Phi) is 8.35. The number of allylic oxidation sites excluding steroid dienone is 3. The summed E-state index contributed by atoms with van der Waals surface area (Å²) in [5.41, 5.74) is 0.520. The summed E-state index contributed by atoms with van der Waals surface area (Å²) < 4.78 is 105. The van der Waals surface area contributed by atoms with Gasteiger partial charge in [0.05, 0.1) is 24.8 Å². The van der Waals surface area contributed by atoms with E-state index >= 15 is 0 Å². The maximum absolute atomic E-state index is 14.8. The Hall–Kier alpha value is -4.02. The molecule has 0 aliphatic carbocycles. The first kappa shape index (κ1) is 30.9. The van der Waals surface area contributed by atoms with E-state index in [0.29, 0.717) is 16.7 Å². The maximum atomic E-state index is 14.8. The second kappa shape index (κ2) is 11.3. The van der Waals surface area contributed by atoms with Gasteiger partial charge in [0.15, 0.2) is 6.10 Å². The van der Waals surface area contributed by atoms with Gasteiger partial charge in [-0.1, -0.05) is 56.4 Å². The van der Waals surface area contributed by atoms with E-state index in [1.807, 2.05) is 0 Å². The monoisotopic (exact) mass is 595 g/mol. The van der Waals surface area contributed by atoms with Gasteiger partial charge in [-0.3, -0.25) is 4.90 Å². The first-order valence-corrected chi connectivity index (χ1v) is 12.9. The van der Waals surface area contributed by atoms with Crippen molar-refractivity contribution in [2.24, 2.45) is 0 Å². The molecule has 4 nitrogen and oxygen atoms in total. The third-order valence-electron chi connectivity index (χ3n) is 7.10. The predicted molar refractivity (Wildman–Crippen MR) is 143 cm³/mol. The fourth-order valence-electron chi connectivity index (χ4n) is 5.13. The standard InChI is InChI=1S/C31H28F7NO3/c1-16(2)21-14-23(27(41-5)15-24(21)32)20-7-6-19(31(36,37)38)13-22(20)25-8-9-26-28(42-29(40)39(25)26)18(4)12-17(3)10-11-30(33,34)35/h6-16,25-26,28H,4H2,1-3,5H3. The van der Waals surface area contributed by atoms with Crippen molar-refractivity contribution in [3.8, 4) is 16.9 Å². The lowest BCUT2D eigenvalue weighted by molar-refractivity contribution is -0.137. The van der Waals surface area contributed by atoms with Crippen LogP contribution in [0.3, 0.4) is 0 Å². The van der Waals surface area contributed by atoms with Gasteiger partial charge in [0.1, 0.15) is 11.6 Å². The van der Waals surface area contributed by atoms with Gasteiger partial charge in [-0.05, 0) is 53.3 Å². The molecule has 0 spiro atoms. The molecule has 1 amide bonds. The Bertz CT molecular complexity index is 1480. The van der Waals surface area contributed by atoms with Crippen LogP contribution in [0.5, 0.6) is 5.75 Å². The number of benzene rings is 2. The fraction of sp³-hybridized carbons (Fsp3) is 0.323. The van der Waals surface area contributed by atoms with Crippen LogP contribution in [0.4, 0.5) is 35.5 Å². The van der Waals surface area contributed by atoms with Gasteiger partial charge in [-0.15, -0.1) is 0 Å². The van der Waals surface area contributed by atoms with Crippen LogP contribution in [-0.4, -0.2) is 36.4 Å². The Morgan fingerprint density at radius 2 is 1.76 bits per heavy atom. The Morgan fingerprint density at radius 1 is 1.07 bits per heavy atom. The summed E-state index contributed by atoms with van der Waals surface area (Å²) in [5.74, 6) is -0.678. The SMILES string of the molecule is C=C(C=C(C)C=CC(F)(F)F)C1OC(=O)N2C(c3cc(C(F)(F)F)ccc3-c3cc(C(C)C)c(F)cc3OC)C=CC12. The van der Waals surface area contributed by atoms with Gasteiger partial charge in [0.25, 0.3) is 0 Å². The van der Waals surface area contributed by atoms with E-state index in [2.05, 4.69) is 6.58 Å². The summed E-state index contributed by atoms with van der Waals surface area (Å²) in [6.45, 7) is 8.82. The summed E-state index contributed by atoms with van der Waals surface area (Å²) in [5, 5.41) is 0. The van der Waals surface area contributed by atoms with Crippen molar-refractivity contribution < 1.29 is 45.0 Å². The Labute approximate surface area is 238 Å². The Balaban J connectivity index is 1.78. The fourth-order valence-corrected chi connectivity index (χ4v) is 5.13. The topological polar surface area (TPSA) is 38.8 Å². The lowest BCUT2D eigenvalue weighted by atomic mass is 9.89. The predicted octanol–water partition coefficient (Wildman–Crippen LogP) is 9.06. The summed E-state index contributed by atoms with van der Waals surface area (Å²) in [6, 6.07) is 4.00. The van der Waals surface area contributed by atoms with Crippen molar-refractivity contribution in [3.63, 3.8) is 0 Å². The van der Waals surface area contributed by atoms with Gasteiger partial charge in [-0.2, -0.15) is 26.3 Å². The molecule has 0 radical (unpaired) electrons. The number of hydrogen-bond donors (Lipinski definition) is 0. The van der Waals surface area contributed by atoms with E-state index in [1.165, 1.54) is 43.2 Å². The van der Waals surface area contributed by atoms with Crippen molar-refractivity contribution in [3.05, 3.63) is 101 Å². The third kappa shape index (κ3) is 6.24. The molecular formula is C31H28F7NO3. The van der Waals surface area contributed by atoms with Crippen LogP contribution in [0.15, 0.2) is 78.4 Å². The van der Waals surface area contributed by atoms with E-state index in [4.69, 9.17) is 9.47 Å². The van der Waals surface area contributed by atoms with Gasteiger partial charge < -0.3 is 9.47 Å². The summed E-state index contributed by atoms with van der Waals surface area (Å²) >= 11 is 0. The number of cyclic esters (lactones) is 1. The highest BCUT2D eigenvalue weighted by Crippen LogP contribution is 2.46. The van der Waals surface area contributed by atoms with Crippen LogP contribution in [0.2, 0.25) is 0 Å². The highest BCUT2D eigenvalue weighted by atomic mass is 19.4. The number of carbonyl (C=O) groups excluding carboxylic acids is 1. The Morgan fingerprint density at radius 3 is 2.36 bits per heavy atom. The van der Waals surface area contributed by atoms with Crippen molar-refractivity contribution in [1.29, 1.82) is 0 Å². The minimum absolute atomic E-state index is 0.0637. The normalized spacial score (nSPS) is 21.0. The van der Waals surface area contributed by atoms with Crippen molar-refractivity contribution in [2.45, 2.75) is 57.2 Å². The first-order valence-electron chi connectivity index (χ1n) is 12.9. The molecule has 2 heterocycles. The largest absolute Gasteiger partial charge is 0.496 e. The molecule has 0 saturated carbocycles. The molecule has 1 saturated heterocycles. The molecule has 11 heteroatoms. The number of halogens is 7. The summed E-state index contributed by atoms with van der Waals surface area (Å²) in [7, 11) is 1.32. The van der Waals surface area contributed by atoms with E-state index in [0.717, 1.165) is 18.2 Å². The van der Waals surface area contributed by atoms with E-state index in [-0.39, 0.29) is 34.5 Å². The number of amides is 1. The number of fused-ring (bicyclic) bond motifs is 1. The molecule has 2 aliphatic heterocycles. The van der Waals surface area contributed by atoms with Crippen molar-refractivity contribution in [1.82, 2.24) is 4.90 Å². The van der Waals surface area contributed by atoms with E-state index in [9.17, 15) is 35.5 Å². The van der Waals surface area contributed by atoms with Crippen LogP contribution in [0, 0.1) is 5.82 Å². The molecule has 2 aromatic carbocycles. The molecule has 4 rings (SSSR count). The number of nitrogens with zero attached hydrogens (tertiary/aromatic N) is 1. The second-order valence-electron chi connectivity index (χ2n) is 10.4. The number of alkyl halides is 6. The first-order chi connectivity index (χ1) is 19.5. The van der Waals surface area contributed by atoms with Gasteiger partial charge in [-0.25, -0.2) is 9.18 Å². The van der Waals surface area contributed by atoms with E-state index < -0.39 is 48.0 Å². The van der Waals surface area contributed by atoms with Crippen molar-refractivity contribution >= 4 is 6.09 Å². The minimum atomic E-state index is -4.69. The van der Waals surface area contributed by atoms with Crippen LogP contribution in [0.1, 0.15) is 49.4 Å². The van der Waals surface area contributed by atoms with Crippen LogP contribution in [-0.2, 0) is 10.9 Å². The molecule has 0 aromatic heterocycles. The van der Waals surface area contributed by atoms with Gasteiger partial charge in [0.2, 0.25) is 0 Å². The highest BCUT2D eigenvalue weighted by molar-refractivity contribution is 5.79. The summed E-state index contributed by atoms with van der Waals surface area (Å²) in [6.07, 6.45) is -5.63. The molecule has 0 bridgehead atoms.